The Hall–Kier alpha value is -1.95. The van der Waals surface area contributed by atoms with E-state index in [1.165, 1.54) is 0 Å². The lowest BCUT2D eigenvalue weighted by molar-refractivity contribution is -0.123. The Kier molecular flexibility index (Phi) is 5.95. The molecular weight excluding hydrogens is 246 g/mol. The van der Waals surface area contributed by atoms with E-state index in [4.69, 9.17) is 15.2 Å². The number of hydrogen-bond donors (Lipinski definition) is 2. The average Bonchev–Trinajstić information content (AvgIpc) is 2.37. The molecule has 0 saturated carbocycles. The molecule has 1 rings (SSSR count). The molecule has 0 saturated heterocycles. The first-order chi connectivity index (χ1) is 9.04. The SMILES string of the molecule is COCCNC(=O)COc1cc(N(C)C)ccc1N. The molecule has 6 heteroatoms. The molecule has 0 heterocycles. The van der Waals surface area contributed by atoms with Gasteiger partial charge >= 0.3 is 0 Å². The van der Waals surface area contributed by atoms with Crippen molar-refractivity contribution in [1.82, 2.24) is 5.32 Å². The van der Waals surface area contributed by atoms with E-state index in [-0.39, 0.29) is 12.5 Å². The van der Waals surface area contributed by atoms with Crippen LogP contribution in [-0.4, -0.2) is 46.9 Å². The van der Waals surface area contributed by atoms with Crippen LogP contribution in [0.15, 0.2) is 18.2 Å². The molecule has 0 unspecified atom stereocenters. The fraction of sp³-hybridized carbons (Fsp3) is 0.462. The number of rotatable bonds is 7. The first-order valence-electron chi connectivity index (χ1n) is 6.00. The highest BCUT2D eigenvalue weighted by Gasteiger charge is 2.07. The molecule has 0 aromatic heterocycles. The summed E-state index contributed by atoms with van der Waals surface area (Å²) in [6.07, 6.45) is 0. The topological polar surface area (TPSA) is 76.8 Å². The number of nitrogens with one attached hydrogen (secondary N) is 1. The predicted molar refractivity (Wildman–Crippen MR) is 75.6 cm³/mol. The van der Waals surface area contributed by atoms with Crippen molar-refractivity contribution < 1.29 is 14.3 Å². The Labute approximate surface area is 113 Å². The maximum atomic E-state index is 11.5. The van der Waals surface area contributed by atoms with Gasteiger partial charge in [-0.15, -0.1) is 0 Å². The summed E-state index contributed by atoms with van der Waals surface area (Å²) in [5.74, 6) is 0.305. The molecule has 1 aromatic rings. The van der Waals surface area contributed by atoms with Crippen LogP contribution in [0.1, 0.15) is 0 Å². The van der Waals surface area contributed by atoms with Gasteiger partial charge in [0.2, 0.25) is 0 Å². The van der Waals surface area contributed by atoms with Crippen molar-refractivity contribution in [2.24, 2.45) is 0 Å². The fourth-order valence-electron chi connectivity index (χ4n) is 1.41. The van der Waals surface area contributed by atoms with E-state index in [2.05, 4.69) is 5.32 Å². The minimum atomic E-state index is -0.202. The lowest BCUT2D eigenvalue weighted by Crippen LogP contribution is -2.31. The second-order valence-electron chi connectivity index (χ2n) is 4.25. The van der Waals surface area contributed by atoms with Crippen LogP contribution in [0, 0.1) is 0 Å². The summed E-state index contributed by atoms with van der Waals surface area (Å²) in [4.78, 5) is 13.4. The van der Waals surface area contributed by atoms with Crippen molar-refractivity contribution in [2.75, 3.05) is 51.6 Å². The maximum absolute atomic E-state index is 11.5. The minimum absolute atomic E-state index is 0.0647. The molecule has 0 spiro atoms. The molecule has 0 aliphatic rings. The summed E-state index contributed by atoms with van der Waals surface area (Å²) in [6, 6.07) is 5.45. The van der Waals surface area contributed by atoms with Crippen LogP contribution in [0.25, 0.3) is 0 Å². The van der Waals surface area contributed by atoms with Crippen LogP contribution in [0.2, 0.25) is 0 Å². The number of anilines is 2. The number of nitrogen functional groups attached to an aromatic ring is 1. The van der Waals surface area contributed by atoms with E-state index >= 15 is 0 Å². The number of methoxy groups -OCH3 is 1. The standard InChI is InChI=1S/C13H21N3O3/c1-16(2)10-4-5-11(14)12(8-10)19-9-13(17)15-6-7-18-3/h4-5,8H,6-7,9,14H2,1-3H3,(H,15,17). The number of amides is 1. The van der Waals surface area contributed by atoms with E-state index in [0.717, 1.165) is 5.69 Å². The highest BCUT2D eigenvalue weighted by atomic mass is 16.5. The van der Waals surface area contributed by atoms with Crippen molar-refractivity contribution in [1.29, 1.82) is 0 Å². The molecule has 106 valence electrons. The molecule has 6 nitrogen and oxygen atoms in total. The summed E-state index contributed by atoms with van der Waals surface area (Å²) < 4.78 is 10.3. The van der Waals surface area contributed by atoms with E-state index in [0.29, 0.717) is 24.6 Å². The second-order valence-corrected chi connectivity index (χ2v) is 4.25. The van der Waals surface area contributed by atoms with Crippen LogP contribution in [-0.2, 0) is 9.53 Å². The molecular formula is C13H21N3O3. The van der Waals surface area contributed by atoms with Gasteiger partial charge in [-0.3, -0.25) is 4.79 Å². The Morgan fingerprint density at radius 1 is 1.42 bits per heavy atom. The summed E-state index contributed by atoms with van der Waals surface area (Å²) in [5.41, 5.74) is 7.27. The Morgan fingerprint density at radius 3 is 2.79 bits per heavy atom. The number of benzene rings is 1. The van der Waals surface area contributed by atoms with E-state index < -0.39 is 0 Å². The van der Waals surface area contributed by atoms with Gasteiger partial charge in [-0.1, -0.05) is 0 Å². The summed E-state index contributed by atoms with van der Waals surface area (Å²) >= 11 is 0. The second kappa shape index (κ2) is 7.48. The molecule has 0 radical (unpaired) electrons. The predicted octanol–water partition coefficient (Wildman–Crippen LogP) is 0.476. The van der Waals surface area contributed by atoms with Crippen LogP contribution < -0.4 is 20.7 Å². The van der Waals surface area contributed by atoms with Gasteiger partial charge in [0, 0.05) is 39.5 Å². The Morgan fingerprint density at radius 2 is 2.16 bits per heavy atom. The number of carbonyl (C=O) groups excluding carboxylic acids is 1. The first kappa shape index (κ1) is 15.1. The zero-order chi connectivity index (χ0) is 14.3. The maximum Gasteiger partial charge on any atom is 0.258 e. The molecule has 0 fully saturated rings. The Balaban J connectivity index is 2.52. The number of hydrogen-bond acceptors (Lipinski definition) is 5. The van der Waals surface area contributed by atoms with Crippen LogP contribution in [0.5, 0.6) is 5.75 Å². The van der Waals surface area contributed by atoms with Crippen LogP contribution in [0.3, 0.4) is 0 Å². The van der Waals surface area contributed by atoms with Crippen molar-refractivity contribution in [2.45, 2.75) is 0 Å². The third-order valence-electron chi connectivity index (χ3n) is 2.50. The number of carbonyl (C=O) groups is 1. The quantitative estimate of drug-likeness (QED) is 0.555. The van der Waals surface area contributed by atoms with Gasteiger partial charge in [-0.2, -0.15) is 0 Å². The normalized spacial score (nSPS) is 10.1. The monoisotopic (exact) mass is 267 g/mol. The highest BCUT2D eigenvalue weighted by Crippen LogP contribution is 2.26. The third kappa shape index (κ3) is 5.05. The third-order valence-corrected chi connectivity index (χ3v) is 2.50. The average molecular weight is 267 g/mol. The largest absolute Gasteiger partial charge is 0.482 e. The molecule has 19 heavy (non-hydrogen) atoms. The van der Waals surface area contributed by atoms with Crippen LogP contribution >= 0.6 is 0 Å². The summed E-state index contributed by atoms with van der Waals surface area (Å²) in [5, 5.41) is 2.67. The molecule has 0 aliphatic carbocycles. The lowest BCUT2D eigenvalue weighted by Gasteiger charge is -2.15. The van der Waals surface area contributed by atoms with Gasteiger partial charge < -0.3 is 25.4 Å². The first-order valence-corrected chi connectivity index (χ1v) is 6.00. The van der Waals surface area contributed by atoms with E-state index in [1.807, 2.05) is 25.1 Å². The number of ether oxygens (including phenoxy) is 2. The van der Waals surface area contributed by atoms with E-state index in [1.54, 1.807) is 19.2 Å². The van der Waals surface area contributed by atoms with E-state index in [9.17, 15) is 4.79 Å². The van der Waals surface area contributed by atoms with Gasteiger partial charge in [0.1, 0.15) is 5.75 Å². The minimum Gasteiger partial charge on any atom is -0.482 e. The van der Waals surface area contributed by atoms with Crippen molar-refractivity contribution in [3.05, 3.63) is 18.2 Å². The van der Waals surface area contributed by atoms with Gasteiger partial charge in [0.15, 0.2) is 6.61 Å². The molecule has 0 aliphatic heterocycles. The number of nitrogens with two attached hydrogens (primary N) is 1. The van der Waals surface area contributed by atoms with Crippen molar-refractivity contribution in [3.63, 3.8) is 0 Å². The molecule has 1 aromatic carbocycles. The van der Waals surface area contributed by atoms with Crippen molar-refractivity contribution in [3.8, 4) is 5.75 Å². The molecule has 0 bridgehead atoms. The van der Waals surface area contributed by atoms with Gasteiger partial charge in [0.05, 0.1) is 12.3 Å². The van der Waals surface area contributed by atoms with Crippen molar-refractivity contribution >= 4 is 17.3 Å². The van der Waals surface area contributed by atoms with Gasteiger partial charge in [-0.25, -0.2) is 0 Å². The summed E-state index contributed by atoms with van der Waals surface area (Å²) in [7, 11) is 5.43. The van der Waals surface area contributed by atoms with Gasteiger partial charge in [0.25, 0.3) is 5.91 Å². The molecule has 1 amide bonds. The zero-order valence-electron chi connectivity index (χ0n) is 11.6. The summed E-state index contributed by atoms with van der Waals surface area (Å²) in [6.45, 7) is 0.876. The fourth-order valence-corrected chi connectivity index (χ4v) is 1.41. The van der Waals surface area contributed by atoms with Gasteiger partial charge in [-0.05, 0) is 12.1 Å². The Bertz CT molecular complexity index is 422. The highest BCUT2D eigenvalue weighted by molar-refractivity contribution is 5.77. The van der Waals surface area contributed by atoms with Crippen LogP contribution in [0.4, 0.5) is 11.4 Å². The smallest absolute Gasteiger partial charge is 0.258 e. The lowest BCUT2D eigenvalue weighted by atomic mass is 10.2. The molecule has 0 atom stereocenters. The molecule has 3 N–H and O–H groups in total. The zero-order valence-corrected chi connectivity index (χ0v) is 11.6. The number of nitrogens with zero attached hydrogens (tertiary/aromatic N) is 1.